The second-order valence-electron chi connectivity index (χ2n) is 5.67. The number of hydrogen-bond donors (Lipinski definition) is 2. The highest BCUT2D eigenvalue weighted by atomic mass is 35.5. The van der Waals surface area contributed by atoms with Gasteiger partial charge in [0.05, 0.1) is 16.6 Å². The molecule has 2 aromatic carbocycles. The van der Waals surface area contributed by atoms with Gasteiger partial charge in [-0.1, -0.05) is 11.6 Å². The van der Waals surface area contributed by atoms with Crippen molar-refractivity contribution in [3.63, 3.8) is 0 Å². The Morgan fingerprint density at radius 3 is 2.37 bits per heavy atom. The predicted molar refractivity (Wildman–Crippen MR) is 101 cm³/mol. The maximum Gasteiger partial charge on any atom is 0.242 e. The fourth-order valence-corrected chi connectivity index (χ4v) is 3.59. The van der Waals surface area contributed by atoms with Crippen LogP contribution in [0.5, 0.6) is 0 Å². The van der Waals surface area contributed by atoms with Gasteiger partial charge in [-0.15, -0.1) is 0 Å². The minimum atomic E-state index is -3.84. The average Bonchev–Trinajstić information content (AvgIpc) is 3.17. The first-order chi connectivity index (χ1) is 12.8. The molecule has 0 fully saturated rings. The van der Waals surface area contributed by atoms with Gasteiger partial charge in [0.2, 0.25) is 15.9 Å². The molecule has 0 saturated carbocycles. The molecule has 1 amide bonds. The van der Waals surface area contributed by atoms with Gasteiger partial charge >= 0.3 is 0 Å². The van der Waals surface area contributed by atoms with Crippen LogP contribution >= 0.6 is 11.6 Å². The molecule has 3 aromatic rings. The lowest BCUT2D eigenvalue weighted by Crippen LogP contribution is -2.41. The summed E-state index contributed by atoms with van der Waals surface area (Å²) in [7, 11) is -3.84. The first-order valence-electron chi connectivity index (χ1n) is 7.89. The summed E-state index contributed by atoms with van der Waals surface area (Å²) >= 11 is 5.76. The molecule has 27 heavy (non-hydrogen) atoms. The lowest BCUT2D eigenvalue weighted by Gasteiger charge is -2.15. The molecule has 0 spiro atoms. The normalized spacial score (nSPS) is 12.5. The summed E-state index contributed by atoms with van der Waals surface area (Å²) in [5, 5.41) is 7.10. The Labute approximate surface area is 161 Å². The van der Waals surface area contributed by atoms with Gasteiger partial charge in [0.25, 0.3) is 0 Å². The quantitative estimate of drug-likeness (QED) is 0.654. The van der Waals surface area contributed by atoms with Crippen molar-refractivity contribution in [3.8, 4) is 5.69 Å². The molecule has 1 heterocycles. The summed E-state index contributed by atoms with van der Waals surface area (Å²) in [5.74, 6) is -0.485. The highest BCUT2D eigenvalue weighted by Crippen LogP contribution is 2.15. The van der Waals surface area contributed by atoms with Crippen LogP contribution in [-0.4, -0.2) is 35.1 Å². The smallest absolute Gasteiger partial charge is 0.242 e. The summed E-state index contributed by atoms with van der Waals surface area (Å²) in [6.45, 7) is 1.46. The van der Waals surface area contributed by atoms with Gasteiger partial charge in [0.15, 0.2) is 0 Å². The number of nitrogens with one attached hydrogen (secondary N) is 2. The lowest BCUT2D eigenvalue weighted by molar-refractivity contribution is -0.117. The van der Waals surface area contributed by atoms with Crippen molar-refractivity contribution < 1.29 is 13.2 Å². The number of carbonyl (C=O) groups is 1. The van der Waals surface area contributed by atoms with Crippen molar-refractivity contribution in [1.29, 1.82) is 0 Å². The maximum atomic E-state index is 12.3. The Kier molecular flexibility index (Phi) is 5.54. The maximum absolute atomic E-state index is 12.3. The van der Waals surface area contributed by atoms with E-state index in [2.05, 4.69) is 20.1 Å². The van der Waals surface area contributed by atoms with Gasteiger partial charge in [0.1, 0.15) is 12.7 Å². The third-order valence-electron chi connectivity index (χ3n) is 3.67. The summed E-state index contributed by atoms with van der Waals surface area (Å²) in [6, 6.07) is 11.6. The molecule has 1 aromatic heterocycles. The molecule has 1 atom stereocenters. The van der Waals surface area contributed by atoms with Crippen LogP contribution in [0.15, 0.2) is 66.1 Å². The van der Waals surface area contributed by atoms with E-state index in [4.69, 9.17) is 11.6 Å². The molecule has 0 bridgehead atoms. The minimum absolute atomic E-state index is 0.0312. The van der Waals surface area contributed by atoms with Gasteiger partial charge in [-0.05, 0) is 55.5 Å². The topological polar surface area (TPSA) is 106 Å². The molecule has 2 N–H and O–H groups in total. The van der Waals surface area contributed by atoms with Gasteiger partial charge in [-0.25, -0.2) is 18.1 Å². The Morgan fingerprint density at radius 2 is 1.78 bits per heavy atom. The number of hydrogen-bond acceptors (Lipinski definition) is 5. The van der Waals surface area contributed by atoms with Crippen LogP contribution < -0.4 is 10.0 Å². The van der Waals surface area contributed by atoms with Crippen molar-refractivity contribution >= 4 is 33.2 Å². The van der Waals surface area contributed by atoms with Crippen LogP contribution in [0.25, 0.3) is 5.69 Å². The Hall–Kier alpha value is -2.75. The van der Waals surface area contributed by atoms with Crippen LogP contribution in [0, 0.1) is 0 Å². The van der Waals surface area contributed by atoms with Crippen molar-refractivity contribution in [2.45, 2.75) is 17.9 Å². The number of amides is 1. The van der Waals surface area contributed by atoms with Gasteiger partial charge in [0, 0.05) is 10.7 Å². The number of carbonyl (C=O) groups excluding carboxylic acids is 1. The fourth-order valence-electron chi connectivity index (χ4n) is 2.26. The summed E-state index contributed by atoms with van der Waals surface area (Å²) < 4.78 is 28.6. The van der Waals surface area contributed by atoms with Crippen molar-refractivity contribution in [1.82, 2.24) is 19.5 Å². The fraction of sp³-hybridized carbons (Fsp3) is 0.118. The van der Waals surface area contributed by atoms with Crippen molar-refractivity contribution in [3.05, 3.63) is 66.2 Å². The van der Waals surface area contributed by atoms with Gasteiger partial charge < -0.3 is 5.32 Å². The van der Waals surface area contributed by atoms with Crippen LogP contribution in [0.2, 0.25) is 5.02 Å². The molecule has 10 heteroatoms. The van der Waals surface area contributed by atoms with Crippen LogP contribution in [-0.2, 0) is 14.8 Å². The Bertz CT molecular complexity index is 1020. The monoisotopic (exact) mass is 405 g/mol. The van der Waals surface area contributed by atoms with E-state index >= 15 is 0 Å². The number of sulfonamides is 1. The second kappa shape index (κ2) is 7.87. The first-order valence-corrected chi connectivity index (χ1v) is 9.75. The van der Waals surface area contributed by atoms with E-state index in [1.54, 1.807) is 35.3 Å². The molecule has 0 aliphatic carbocycles. The molecule has 0 aliphatic heterocycles. The molecule has 140 valence electrons. The highest BCUT2D eigenvalue weighted by molar-refractivity contribution is 7.89. The minimum Gasteiger partial charge on any atom is -0.325 e. The van der Waals surface area contributed by atoms with E-state index in [0.717, 1.165) is 5.69 Å². The lowest BCUT2D eigenvalue weighted by atomic mass is 10.2. The Morgan fingerprint density at radius 1 is 1.11 bits per heavy atom. The summed E-state index contributed by atoms with van der Waals surface area (Å²) in [4.78, 5) is 16.2. The summed E-state index contributed by atoms with van der Waals surface area (Å²) in [6.07, 6.45) is 2.98. The SMILES string of the molecule is C[C@H](NS(=O)(=O)c1ccc(Cl)cc1)C(=O)Nc1ccc(-n2cncn2)cc1. The highest BCUT2D eigenvalue weighted by Gasteiger charge is 2.22. The first kappa shape index (κ1) is 19.0. The Balaban J connectivity index is 1.64. The van der Waals surface area contributed by atoms with Crippen LogP contribution in [0.1, 0.15) is 6.92 Å². The third-order valence-corrected chi connectivity index (χ3v) is 5.48. The number of anilines is 1. The van der Waals surface area contributed by atoms with Crippen LogP contribution in [0.3, 0.4) is 0 Å². The molecule has 0 saturated heterocycles. The second-order valence-corrected chi connectivity index (χ2v) is 7.82. The number of nitrogens with zero attached hydrogens (tertiary/aromatic N) is 3. The number of rotatable bonds is 6. The zero-order valence-corrected chi connectivity index (χ0v) is 15.8. The average molecular weight is 406 g/mol. The number of aromatic nitrogens is 3. The van der Waals surface area contributed by atoms with E-state index in [1.807, 2.05) is 0 Å². The van der Waals surface area contributed by atoms with E-state index in [9.17, 15) is 13.2 Å². The van der Waals surface area contributed by atoms with E-state index in [0.29, 0.717) is 10.7 Å². The zero-order valence-electron chi connectivity index (χ0n) is 14.2. The molecule has 8 nitrogen and oxygen atoms in total. The zero-order chi connectivity index (χ0) is 19.4. The predicted octanol–water partition coefficient (Wildman–Crippen LogP) is 2.23. The molecule has 0 radical (unpaired) electrons. The van der Waals surface area contributed by atoms with E-state index < -0.39 is 22.0 Å². The molecule has 0 unspecified atom stereocenters. The molecular weight excluding hydrogens is 390 g/mol. The van der Waals surface area contributed by atoms with E-state index in [-0.39, 0.29) is 4.90 Å². The third kappa shape index (κ3) is 4.70. The number of halogens is 1. The number of benzene rings is 2. The van der Waals surface area contributed by atoms with Crippen molar-refractivity contribution in [2.24, 2.45) is 0 Å². The van der Waals surface area contributed by atoms with E-state index in [1.165, 1.54) is 37.5 Å². The molecular formula is C17H16ClN5O3S. The standard InChI is InChI=1S/C17H16ClN5O3S/c1-12(22-27(25,26)16-8-2-13(18)3-9-16)17(24)21-14-4-6-15(7-5-14)23-11-19-10-20-23/h2-12,22H,1H3,(H,21,24)/t12-/m0/s1. The van der Waals surface area contributed by atoms with Gasteiger partial charge in [-0.2, -0.15) is 9.82 Å². The summed E-state index contributed by atoms with van der Waals surface area (Å²) in [5.41, 5.74) is 1.31. The van der Waals surface area contributed by atoms with Crippen LogP contribution in [0.4, 0.5) is 5.69 Å². The largest absolute Gasteiger partial charge is 0.325 e. The molecule has 3 rings (SSSR count). The molecule has 0 aliphatic rings. The van der Waals surface area contributed by atoms with Crippen molar-refractivity contribution in [2.75, 3.05) is 5.32 Å². The van der Waals surface area contributed by atoms with Gasteiger partial charge in [-0.3, -0.25) is 4.79 Å².